The van der Waals surface area contributed by atoms with Gasteiger partial charge in [0.2, 0.25) is 5.82 Å². The summed E-state index contributed by atoms with van der Waals surface area (Å²) in [6.07, 6.45) is 1.91. The van der Waals surface area contributed by atoms with E-state index in [0.717, 1.165) is 5.69 Å². The van der Waals surface area contributed by atoms with Gasteiger partial charge in [-0.3, -0.25) is 9.36 Å². The summed E-state index contributed by atoms with van der Waals surface area (Å²) < 4.78 is 4.60. The molecule has 3 aromatic rings. The Balaban J connectivity index is 2.21. The SMILES string of the molecule is CSNc1ccc(-n2c(C(N)=O)nnc2-c2cc(C(C)C)c(O)cc2O)cc1. The Morgan fingerprint density at radius 2 is 1.82 bits per heavy atom. The van der Waals surface area contributed by atoms with Gasteiger partial charge in [-0.25, -0.2) is 0 Å². The quantitative estimate of drug-likeness (QED) is 0.469. The third kappa shape index (κ3) is 3.61. The van der Waals surface area contributed by atoms with E-state index in [2.05, 4.69) is 14.9 Å². The molecule has 0 atom stereocenters. The van der Waals surface area contributed by atoms with Crippen molar-refractivity contribution in [2.24, 2.45) is 5.73 Å². The van der Waals surface area contributed by atoms with Crippen molar-refractivity contribution in [3.8, 4) is 28.6 Å². The van der Waals surface area contributed by atoms with Gasteiger partial charge in [0.15, 0.2) is 5.82 Å². The fraction of sp³-hybridized carbons (Fsp3) is 0.211. The molecule has 0 saturated carbocycles. The number of aromatic hydroxyl groups is 2. The fourth-order valence-electron chi connectivity index (χ4n) is 2.89. The van der Waals surface area contributed by atoms with Gasteiger partial charge < -0.3 is 20.7 Å². The molecular weight excluding hydrogens is 378 g/mol. The van der Waals surface area contributed by atoms with Gasteiger partial charge in [0.05, 0.1) is 5.56 Å². The minimum Gasteiger partial charge on any atom is -0.508 e. The average molecular weight is 399 g/mol. The first-order valence-corrected chi connectivity index (χ1v) is 9.76. The number of phenols is 2. The predicted molar refractivity (Wildman–Crippen MR) is 110 cm³/mol. The molecule has 1 amide bonds. The first-order valence-electron chi connectivity index (χ1n) is 8.54. The number of rotatable bonds is 6. The minimum atomic E-state index is -0.743. The summed E-state index contributed by atoms with van der Waals surface area (Å²) in [5.74, 6) is -0.717. The van der Waals surface area contributed by atoms with Crippen LogP contribution in [0.25, 0.3) is 17.1 Å². The number of nitrogens with one attached hydrogen (secondary N) is 1. The van der Waals surface area contributed by atoms with E-state index < -0.39 is 5.91 Å². The zero-order valence-electron chi connectivity index (χ0n) is 15.7. The number of amides is 1. The average Bonchev–Trinajstić information content (AvgIpc) is 3.07. The van der Waals surface area contributed by atoms with Crippen molar-refractivity contribution in [1.29, 1.82) is 0 Å². The maximum Gasteiger partial charge on any atom is 0.287 e. The van der Waals surface area contributed by atoms with Crippen molar-refractivity contribution in [2.45, 2.75) is 19.8 Å². The second kappa shape index (κ2) is 7.81. The van der Waals surface area contributed by atoms with Crippen LogP contribution in [-0.4, -0.2) is 37.1 Å². The highest BCUT2D eigenvalue weighted by molar-refractivity contribution is 7.99. The molecule has 0 aliphatic rings. The lowest BCUT2D eigenvalue weighted by molar-refractivity contribution is 0.0988. The highest BCUT2D eigenvalue weighted by atomic mass is 32.2. The molecule has 0 unspecified atom stereocenters. The van der Waals surface area contributed by atoms with Crippen molar-refractivity contribution < 1.29 is 15.0 Å². The first-order chi connectivity index (χ1) is 13.3. The third-order valence-electron chi connectivity index (χ3n) is 4.24. The maximum atomic E-state index is 11.9. The number of primary amides is 1. The van der Waals surface area contributed by atoms with Gasteiger partial charge in [0.1, 0.15) is 11.5 Å². The molecule has 0 saturated heterocycles. The van der Waals surface area contributed by atoms with Crippen LogP contribution in [0.4, 0.5) is 5.69 Å². The molecule has 2 aromatic carbocycles. The van der Waals surface area contributed by atoms with Crippen LogP contribution in [0.1, 0.15) is 35.9 Å². The molecule has 0 bridgehead atoms. The Morgan fingerprint density at radius 1 is 1.14 bits per heavy atom. The molecule has 3 rings (SSSR count). The number of hydrogen-bond donors (Lipinski definition) is 4. The molecule has 9 heteroatoms. The van der Waals surface area contributed by atoms with Gasteiger partial charge in [-0.15, -0.1) is 10.2 Å². The minimum absolute atomic E-state index is 0.00932. The predicted octanol–water partition coefficient (Wildman–Crippen LogP) is 3.26. The third-order valence-corrected chi connectivity index (χ3v) is 4.68. The molecular formula is C19H21N5O3S. The molecule has 28 heavy (non-hydrogen) atoms. The molecule has 8 nitrogen and oxygen atoms in total. The van der Waals surface area contributed by atoms with Gasteiger partial charge in [-0.1, -0.05) is 25.8 Å². The number of phenolic OH excluding ortho intramolecular Hbond substituents is 2. The Hall–Kier alpha value is -3.20. The zero-order valence-corrected chi connectivity index (χ0v) is 16.5. The first kappa shape index (κ1) is 19.6. The molecule has 0 fully saturated rings. The van der Waals surface area contributed by atoms with Crippen LogP contribution in [0.3, 0.4) is 0 Å². The number of hydrogen-bond acceptors (Lipinski definition) is 7. The Kier molecular flexibility index (Phi) is 5.46. The highest BCUT2D eigenvalue weighted by Crippen LogP contribution is 2.38. The number of nitrogens with zero attached hydrogens (tertiary/aromatic N) is 3. The van der Waals surface area contributed by atoms with Gasteiger partial charge in [-0.2, -0.15) is 0 Å². The molecule has 1 aromatic heterocycles. The van der Waals surface area contributed by atoms with E-state index in [1.165, 1.54) is 22.6 Å². The summed E-state index contributed by atoms with van der Waals surface area (Å²) in [5, 5.41) is 28.5. The Morgan fingerprint density at radius 3 is 2.39 bits per heavy atom. The largest absolute Gasteiger partial charge is 0.508 e. The van der Waals surface area contributed by atoms with E-state index in [0.29, 0.717) is 16.8 Å². The topological polar surface area (TPSA) is 126 Å². The summed E-state index contributed by atoms with van der Waals surface area (Å²) >= 11 is 1.46. The summed E-state index contributed by atoms with van der Waals surface area (Å²) in [6.45, 7) is 3.85. The van der Waals surface area contributed by atoms with Crippen LogP contribution in [-0.2, 0) is 0 Å². The van der Waals surface area contributed by atoms with Gasteiger partial charge in [0, 0.05) is 23.7 Å². The van der Waals surface area contributed by atoms with E-state index in [-0.39, 0.29) is 29.1 Å². The van der Waals surface area contributed by atoms with Gasteiger partial charge in [-0.05, 0) is 41.8 Å². The summed E-state index contributed by atoms with van der Waals surface area (Å²) in [7, 11) is 0. The van der Waals surface area contributed by atoms with E-state index >= 15 is 0 Å². The van der Waals surface area contributed by atoms with Crippen LogP contribution in [0.2, 0.25) is 0 Å². The highest BCUT2D eigenvalue weighted by Gasteiger charge is 2.23. The fourth-order valence-corrected chi connectivity index (χ4v) is 3.27. The van der Waals surface area contributed by atoms with E-state index in [1.54, 1.807) is 18.2 Å². The van der Waals surface area contributed by atoms with E-state index in [9.17, 15) is 15.0 Å². The van der Waals surface area contributed by atoms with Crippen LogP contribution in [0.5, 0.6) is 11.5 Å². The summed E-state index contributed by atoms with van der Waals surface area (Å²) in [6, 6.07) is 10.2. The lowest BCUT2D eigenvalue weighted by Gasteiger charge is -2.14. The van der Waals surface area contributed by atoms with Crippen molar-refractivity contribution in [1.82, 2.24) is 14.8 Å². The molecule has 0 aliphatic carbocycles. The standard InChI is InChI=1S/C19H21N5O3S/c1-10(2)13-8-14(16(26)9-15(13)25)18-21-22-19(17(20)27)24(18)12-6-4-11(5-7-12)23-28-3/h4-10,23,25-26H,1-3H3,(H2,20,27). The lowest BCUT2D eigenvalue weighted by Crippen LogP contribution is -2.17. The van der Waals surface area contributed by atoms with Crippen LogP contribution in [0.15, 0.2) is 36.4 Å². The molecule has 146 valence electrons. The summed E-state index contributed by atoms with van der Waals surface area (Å²) in [5.41, 5.74) is 7.96. The summed E-state index contributed by atoms with van der Waals surface area (Å²) in [4.78, 5) is 11.9. The normalized spacial score (nSPS) is 11.0. The second-order valence-electron chi connectivity index (χ2n) is 6.48. The Labute approximate surface area is 166 Å². The lowest BCUT2D eigenvalue weighted by atomic mass is 9.98. The molecule has 1 heterocycles. The van der Waals surface area contributed by atoms with Gasteiger partial charge >= 0.3 is 0 Å². The Bertz CT molecular complexity index is 1020. The van der Waals surface area contributed by atoms with Crippen molar-refractivity contribution in [3.05, 3.63) is 47.8 Å². The maximum absolute atomic E-state index is 11.9. The van der Waals surface area contributed by atoms with Crippen LogP contribution in [0, 0.1) is 0 Å². The second-order valence-corrected chi connectivity index (χ2v) is 7.10. The monoisotopic (exact) mass is 399 g/mol. The number of nitrogens with two attached hydrogens (primary N) is 1. The zero-order chi connectivity index (χ0) is 20.4. The molecule has 0 aliphatic heterocycles. The number of benzene rings is 2. The van der Waals surface area contributed by atoms with E-state index in [1.807, 2.05) is 32.2 Å². The number of anilines is 1. The smallest absolute Gasteiger partial charge is 0.287 e. The molecule has 5 N–H and O–H groups in total. The van der Waals surface area contributed by atoms with E-state index in [4.69, 9.17) is 5.73 Å². The number of carbonyl (C=O) groups is 1. The number of carbonyl (C=O) groups excluding carboxylic acids is 1. The number of aromatic nitrogens is 3. The van der Waals surface area contributed by atoms with Crippen LogP contribution >= 0.6 is 11.9 Å². The van der Waals surface area contributed by atoms with Crippen LogP contribution < -0.4 is 10.5 Å². The molecule has 0 radical (unpaired) electrons. The van der Waals surface area contributed by atoms with Crippen molar-refractivity contribution in [3.63, 3.8) is 0 Å². The van der Waals surface area contributed by atoms with Crippen molar-refractivity contribution in [2.75, 3.05) is 11.0 Å². The van der Waals surface area contributed by atoms with Gasteiger partial charge in [0.25, 0.3) is 5.91 Å². The molecule has 0 spiro atoms. The van der Waals surface area contributed by atoms with Crippen molar-refractivity contribution >= 4 is 23.5 Å².